The molecule has 2 heterocycles. The number of halogens is 1. The van der Waals surface area contributed by atoms with E-state index in [2.05, 4.69) is 20.5 Å². The first-order valence-electron chi connectivity index (χ1n) is 8.05. The van der Waals surface area contributed by atoms with Gasteiger partial charge in [0, 0.05) is 17.1 Å². The van der Waals surface area contributed by atoms with Gasteiger partial charge in [-0.05, 0) is 36.4 Å². The van der Waals surface area contributed by atoms with Crippen LogP contribution in [0.2, 0.25) is 0 Å². The number of fused-ring (bicyclic) bond motifs is 1. The number of aromatic nitrogens is 3. The lowest BCUT2D eigenvalue weighted by Crippen LogP contribution is -2.14. The molecule has 27 heavy (non-hydrogen) atoms. The first-order chi connectivity index (χ1) is 13.2. The lowest BCUT2D eigenvalue weighted by Gasteiger charge is -2.07. The molecule has 134 valence electrons. The number of carbonyl (C=O) groups is 1. The predicted octanol–water partition coefficient (Wildman–Crippen LogP) is 4.15. The van der Waals surface area contributed by atoms with Gasteiger partial charge < -0.3 is 9.73 Å². The summed E-state index contributed by atoms with van der Waals surface area (Å²) < 4.78 is 18.5. The number of hydrogen-bond donors (Lipinski definition) is 1. The van der Waals surface area contributed by atoms with Crippen LogP contribution in [0.5, 0.6) is 0 Å². The minimum atomic E-state index is -0.340. The standard InChI is InChI=1S/C19H13FN4O2S/c20-14-8-6-13(7-9-14)18-23-24-19(26-18)27-11-16(25)22-15-5-1-3-12-4-2-10-21-17(12)15/h1-10H,11H2,(H,22,25). The zero-order chi connectivity index (χ0) is 18.6. The van der Waals surface area contributed by atoms with E-state index in [1.807, 2.05) is 24.3 Å². The van der Waals surface area contributed by atoms with Gasteiger partial charge >= 0.3 is 0 Å². The highest BCUT2D eigenvalue weighted by atomic mass is 32.2. The summed E-state index contributed by atoms with van der Waals surface area (Å²) >= 11 is 1.13. The van der Waals surface area contributed by atoms with E-state index >= 15 is 0 Å². The molecule has 0 radical (unpaired) electrons. The molecule has 1 N–H and O–H groups in total. The number of pyridine rings is 1. The second-order valence-electron chi connectivity index (χ2n) is 5.60. The second-order valence-corrected chi connectivity index (χ2v) is 6.52. The summed E-state index contributed by atoms with van der Waals surface area (Å²) in [6.07, 6.45) is 1.68. The number of anilines is 1. The Hall–Kier alpha value is -3.26. The van der Waals surface area contributed by atoms with Crippen molar-refractivity contribution in [2.45, 2.75) is 5.22 Å². The molecular formula is C19H13FN4O2S. The van der Waals surface area contributed by atoms with Gasteiger partial charge in [0.2, 0.25) is 11.8 Å². The third-order valence-electron chi connectivity index (χ3n) is 3.73. The van der Waals surface area contributed by atoms with Gasteiger partial charge in [0.05, 0.1) is 17.0 Å². The number of amides is 1. The van der Waals surface area contributed by atoms with Gasteiger partial charge in [0.25, 0.3) is 5.22 Å². The lowest BCUT2D eigenvalue weighted by atomic mass is 10.2. The Morgan fingerprint density at radius 1 is 1.07 bits per heavy atom. The third kappa shape index (κ3) is 3.95. The summed E-state index contributed by atoms with van der Waals surface area (Å²) in [5.41, 5.74) is 1.99. The van der Waals surface area contributed by atoms with Crippen molar-refractivity contribution in [2.24, 2.45) is 0 Å². The molecule has 0 unspecified atom stereocenters. The summed E-state index contributed by atoms with van der Waals surface area (Å²) in [7, 11) is 0. The van der Waals surface area contributed by atoms with Gasteiger partial charge in [-0.3, -0.25) is 9.78 Å². The van der Waals surface area contributed by atoms with E-state index in [0.29, 0.717) is 11.3 Å². The van der Waals surface area contributed by atoms with E-state index in [0.717, 1.165) is 22.7 Å². The van der Waals surface area contributed by atoms with Crippen LogP contribution in [-0.2, 0) is 4.79 Å². The minimum absolute atomic E-state index is 0.105. The molecule has 0 bridgehead atoms. The highest BCUT2D eigenvalue weighted by Gasteiger charge is 2.12. The van der Waals surface area contributed by atoms with Crippen molar-refractivity contribution < 1.29 is 13.6 Å². The van der Waals surface area contributed by atoms with E-state index in [-0.39, 0.29) is 28.6 Å². The van der Waals surface area contributed by atoms with Crippen LogP contribution in [0.25, 0.3) is 22.4 Å². The molecule has 0 aliphatic rings. The summed E-state index contributed by atoms with van der Waals surface area (Å²) in [5, 5.41) is 11.9. The van der Waals surface area contributed by atoms with Crippen molar-refractivity contribution in [2.75, 3.05) is 11.1 Å². The molecule has 0 fully saturated rings. The average Bonchev–Trinajstić information content (AvgIpc) is 3.16. The summed E-state index contributed by atoms with van der Waals surface area (Å²) in [6.45, 7) is 0. The Morgan fingerprint density at radius 2 is 1.89 bits per heavy atom. The smallest absolute Gasteiger partial charge is 0.277 e. The number of thioether (sulfide) groups is 1. The average molecular weight is 380 g/mol. The van der Waals surface area contributed by atoms with Crippen molar-refractivity contribution in [1.29, 1.82) is 0 Å². The zero-order valence-corrected chi connectivity index (χ0v) is 14.7. The van der Waals surface area contributed by atoms with Gasteiger partial charge in [-0.2, -0.15) is 0 Å². The fourth-order valence-electron chi connectivity index (χ4n) is 2.50. The van der Waals surface area contributed by atoms with E-state index in [4.69, 9.17) is 4.42 Å². The van der Waals surface area contributed by atoms with E-state index in [1.165, 1.54) is 12.1 Å². The van der Waals surface area contributed by atoms with Crippen LogP contribution in [0.15, 0.2) is 70.4 Å². The van der Waals surface area contributed by atoms with E-state index < -0.39 is 0 Å². The molecule has 1 amide bonds. The molecule has 4 rings (SSSR count). The van der Waals surface area contributed by atoms with E-state index in [1.54, 1.807) is 24.4 Å². The Morgan fingerprint density at radius 3 is 2.74 bits per heavy atom. The molecule has 4 aromatic rings. The van der Waals surface area contributed by atoms with Crippen LogP contribution in [-0.4, -0.2) is 26.8 Å². The minimum Gasteiger partial charge on any atom is -0.411 e. The van der Waals surface area contributed by atoms with Crippen molar-refractivity contribution in [3.8, 4) is 11.5 Å². The SMILES string of the molecule is O=C(CSc1nnc(-c2ccc(F)cc2)o1)Nc1cccc2cccnc12. The number of rotatable bonds is 5. The quantitative estimate of drug-likeness (QED) is 0.524. The molecule has 8 heteroatoms. The van der Waals surface area contributed by atoms with Crippen LogP contribution in [0, 0.1) is 5.82 Å². The van der Waals surface area contributed by atoms with Crippen LogP contribution < -0.4 is 5.32 Å². The Balaban J connectivity index is 1.40. The maximum Gasteiger partial charge on any atom is 0.277 e. The molecule has 0 saturated heterocycles. The number of benzene rings is 2. The summed E-state index contributed by atoms with van der Waals surface area (Å²) in [4.78, 5) is 16.6. The van der Waals surface area contributed by atoms with Crippen molar-refractivity contribution in [1.82, 2.24) is 15.2 Å². The molecule has 0 saturated carbocycles. The number of hydrogen-bond acceptors (Lipinski definition) is 6. The van der Waals surface area contributed by atoms with Crippen molar-refractivity contribution in [3.63, 3.8) is 0 Å². The normalized spacial score (nSPS) is 10.9. The molecule has 2 aromatic carbocycles. The summed E-state index contributed by atoms with van der Waals surface area (Å²) in [6, 6.07) is 15.1. The molecule has 0 atom stereocenters. The molecule has 0 spiro atoms. The van der Waals surface area contributed by atoms with Crippen molar-refractivity contribution in [3.05, 3.63) is 66.6 Å². The number of nitrogens with one attached hydrogen (secondary N) is 1. The summed E-state index contributed by atoms with van der Waals surface area (Å²) in [5.74, 6) is -0.169. The number of nitrogens with zero attached hydrogens (tertiary/aromatic N) is 3. The van der Waals surface area contributed by atoms with Crippen LogP contribution in [0.3, 0.4) is 0 Å². The van der Waals surface area contributed by atoms with Crippen LogP contribution in [0.1, 0.15) is 0 Å². The molecule has 6 nitrogen and oxygen atoms in total. The molecule has 0 aliphatic carbocycles. The van der Waals surface area contributed by atoms with Crippen LogP contribution in [0.4, 0.5) is 10.1 Å². The zero-order valence-electron chi connectivity index (χ0n) is 13.9. The highest BCUT2D eigenvalue weighted by molar-refractivity contribution is 7.99. The second kappa shape index (κ2) is 7.55. The maximum absolute atomic E-state index is 13.0. The van der Waals surface area contributed by atoms with Crippen LogP contribution >= 0.6 is 11.8 Å². The predicted molar refractivity (Wildman–Crippen MR) is 101 cm³/mol. The Labute approximate surface area is 157 Å². The number of carbonyl (C=O) groups excluding carboxylic acids is 1. The largest absolute Gasteiger partial charge is 0.411 e. The molecule has 0 aliphatic heterocycles. The topological polar surface area (TPSA) is 80.9 Å². The lowest BCUT2D eigenvalue weighted by molar-refractivity contribution is -0.113. The molecular weight excluding hydrogens is 367 g/mol. The fourth-order valence-corrected chi connectivity index (χ4v) is 3.06. The Bertz CT molecular complexity index is 1090. The highest BCUT2D eigenvalue weighted by Crippen LogP contribution is 2.24. The number of para-hydroxylation sites is 1. The van der Waals surface area contributed by atoms with Gasteiger partial charge in [0.15, 0.2) is 0 Å². The monoisotopic (exact) mass is 380 g/mol. The third-order valence-corrected chi connectivity index (χ3v) is 4.55. The first-order valence-corrected chi connectivity index (χ1v) is 9.03. The van der Waals surface area contributed by atoms with Crippen molar-refractivity contribution >= 4 is 34.3 Å². The van der Waals surface area contributed by atoms with Gasteiger partial charge in [0.1, 0.15) is 5.82 Å². The maximum atomic E-state index is 13.0. The van der Waals surface area contributed by atoms with Gasteiger partial charge in [-0.15, -0.1) is 10.2 Å². The van der Waals surface area contributed by atoms with Gasteiger partial charge in [-0.25, -0.2) is 4.39 Å². The first kappa shape index (κ1) is 17.2. The Kier molecular flexibility index (Phi) is 4.80. The van der Waals surface area contributed by atoms with Gasteiger partial charge in [-0.1, -0.05) is 30.0 Å². The fraction of sp³-hybridized carbons (Fsp3) is 0.0526. The molecule has 2 aromatic heterocycles. The van der Waals surface area contributed by atoms with E-state index in [9.17, 15) is 9.18 Å².